The summed E-state index contributed by atoms with van der Waals surface area (Å²) < 4.78 is 0. The average Bonchev–Trinajstić information content (AvgIpc) is 2.57. The lowest BCUT2D eigenvalue weighted by molar-refractivity contribution is -0.120. The number of para-hydroxylation sites is 1. The van der Waals surface area contributed by atoms with Crippen molar-refractivity contribution < 1.29 is 9.59 Å². The summed E-state index contributed by atoms with van der Waals surface area (Å²) in [7, 11) is 0. The predicted molar refractivity (Wildman–Crippen MR) is 103 cm³/mol. The van der Waals surface area contributed by atoms with Crippen molar-refractivity contribution in [3.05, 3.63) is 58.1 Å². The average molecular weight is 359 g/mol. The Labute approximate surface area is 153 Å². The lowest BCUT2D eigenvalue weighted by Crippen LogP contribution is -2.37. The van der Waals surface area contributed by atoms with Crippen LogP contribution in [-0.2, 0) is 16.0 Å². The fourth-order valence-corrected chi connectivity index (χ4v) is 2.83. The topological polar surface area (TPSA) is 49.4 Å². The molecule has 0 bridgehead atoms. The third-order valence-corrected chi connectivity index (χ3v) is 4.56. The molecule has 0 saturated carbocycles. The van der Waals surface area contributed by atoms with Gasteiger partial charge in [-0.1, -0.05) is 42.8 Å². The van der Waals surface area contributed by atoms with E-state index in [0.29, 0.717) is 10.7 Å². The smallest absolute Gasteiger partial charge is 0.244 e. The number of nitrogens with zero attached hydrogens (tertiary/aromatic N) is 1. The zero-order valence-electron chi connectivity index (χ0n) is 15.0. The van der Waals surface area contributed by atoms with Crippen LogP contribution in [0.5, 0.6) is 0 Å². The van der Waals surface area contributed by atoms with Gasteiger partial charge in [0.05, 0.1) is 0 Å². The van der Waals surface area contributed by atoms with Gasteiger partial charge < -0.3 is 10.2 Å². The molecule has 2 aromatic carbocycles. The highest BCUT2D eigenvalue weighted by Gasteiger charge is 2.18. The Hall–Kier alpha value is -2.33. The molecule has 0 fully saturated rings. The molecule has 0 saturated heterocycles. The fourth-order valence-electron chi connectivity index (χ4n) is 2.66. The van der Waals surface area contributed by atoms with E-state index < -0.39 is 0 Å². The van der Waals surface area contributed by atoms with Crippen LogP contribution in [0.15, 0.2) is 36.4 Å². The summed E-state index contributed by atoms with van der Waals surface area (Å²) in [4.78, 5) is 26.0. The third-order valence-electron chi connectivity index (χ3n) is 4.15. The van der Waals surface area contributed by atoms with Gasteiger partial charge in [-0.15, -0.1) is 0 Å². The molecule has 0 aromatic heterocycles. The first-order valence-corrected chi connectivity index (χ1v) is 8.63. The molecule has 0 spiro atoms. The quantitative estimate of drug-likeness (QED) is 0.854. The van der Waals surface area contributed by atoms with Crippen LogP contribution in [0.3, 0.4) is 0 Å². The van der Waals surface area contributed by atoms with Crippen molar-refractivity contribution in [2.24, 2.45) is 0 Å². The molecule has 0 unspecified atom stereocenters. The van der Waals surface area contributed by atoms with Gasteiger partial charge in [-0.2, -0.15) is 0 Å². The highest BCUT2D eigenvalue weighted by molar-refractivity contribution is 6.31. The second-order valence-corrected chi connectivity index (χ2v) is 6.46. The number of carbonyl (C=O) groups excluding carboxylic acids is 2. The van der Waals surface area contributed by atoms with Crippen LogP contribution in [-0.4, -0.2) is 18.4 Å². The van der Waals surface area contributed by atoms with Crippen LogP contribution >= 0.6 is 11.6 Å². The molecule has 0 atom stereocenters. The Morgan fingerprint density at radius 3 is 2.44 bits per heavy atom. The van der Waals surface area contributed by atoms with E-state index in [9.17, 15) is 9.59 Å². The fraction of sp³-hybridized carbons (Fsp3) is 0.300. The van der Waals surface area contributed by atoms with E-state index >= 15 is 0 Å². The molecular formula is C20H23ClN2O2. The first-order chi connectivity index (χ1) is 11.8. The second kappa shape index (κ2) is 8.17. The summed E-state index contributed by atoms with van der Waals surface area (Å²) in [5, 5.41) is 3.51. The lowest BCUT2D eigenvalue weighted by atomic mass is 10.1. The number of nitrogens with one attached hydrogen (secondary N) is 1. The molecule has 1 N–H and O–H groups in total. The maximum absolute atomic E-state index is 12.5. The molecule has 0 aliphatic carbocycles. The van der Waals surface area contributed by atoms with Crippen LogP contribution in [0.25, 0.3) is 0 Å². The minimum absolute atomic E-state index is 0.0633. The third kappa shape index (κ3) is 4.60. The minimum atomic E-state index is -0.240. The van der Waals surface area contributed by atoms with Gasteiger partial charge in [0.2, 0.25) is 11.8 Å². The highest BCUT2D eigenvalue weighted by Crippen LogP contribution is 2.24. The number of amides is 2. The van der Waals surface area contributed by atoms with Crippen molar-refractivity contribution >= 4 is 34.8 Å². The standard InChI is InChI=1S/C20H23ClN2O2/c1-5-16-8-6-7-14(3)20(16)22-19(25)12-23(15(4)24)17-10-9-13(2)18(21)11-17/h6-11H,5,12H2,1-4H3,(H,22,25). The zero-order valence-corrected chi connectivity index (χ0v) is 15.8. The number of hydrogen-bond acceptors (Lipinski definition) is 2. The van der Waals surface area contributed by atoms with Gasteiger partial charge in [0.1, 0.15) is 6.54 Å². The number of aryl methyl sites for hydroxylation is 3. The number of halogens is 1. The van der Waals surface area contributed by atoms with Crippen molar-refractivity contribution in [3.8, 4) is 0 Å². The number of rotatable bonds is 5. The van der Waals surface area contributed by atoms with E-state index in [4.69, 9.17) is 11.6 Å². The molecule has 2 aromatic rings. The molecule has 2 rings (SSSR count). The summed E-state index contributed by atoms with van der Waals surface area (Å²) in [6.45, 7) is 7.26. The molecule has 0 radical (unpaired) electrons. The summed E-state index contributed by atoms with van der Waals surface area (Å²) >= 11 is 6.15. The zero-order chi connectivity index (χ0) is 18.6. The van der Waals surface area contributed by atoms with E-state index in [2.05, 4.69) is 5.32 Å². The molecular weight excluding hydrogens is 336 g/mol. The molecule has 4 nitrogen and oxygen atoms in total. The second-order valence-electron chi connectivity index (χ2n) is 6.05. The van der Waals surface area contributed by atoms with Crippen molar-refractivity contribution in [2.75, 3.05) is 16.8 Å². The normalized spacial score (nSPS) is 10.4. The van der Waals surface area contributed by atoms with Crippen LogP contribution < -0.4 is 10.2 Å². The van der Waals surface area contributed by atoms with Crippen LogP contribution in [0, 0.1) is 13.8 Å². The Morgan fingerprint density at radius 2 is 1.84 bits per heavy atom. The highest BCUT2D eigenvalue weighted by atomic mass is 35.5. The summed E-state index contributed by atoms with van der Waals surface area (Å²) in [6, 6.07) is 11.3. The maximum Gasteiger partial charge on any atom is 0.244 e. The van der Waals surface area contributed by atoms with Crippen LogP contribution in [0.1, 0.15) is 30.5 Å². The van der Waals surface area contributed by atoms with Gasteiger partial charge in [-0.05, 0) is 49.1 Å². The van der Waals surface area contributed by atoms with E-state index in [-0.39, 0.29) is 18.4 Å². The molecule has 5 heteroatoms. The van der Waals surface area contributed by atoms with Crippen molar-refractivity contribution in [2.45, 2.75) is 34.1 Å². The van der Waals surface area contributed by atoms with Gasteiger partial charge in [-0.25, -0.2) is 0 Å². The largest absolute Gasteiger partial charge is 0.324 e. The summed E-state index contributed by atoms with van der Waals surface area (Å²) in [5.41, 5.74) is 4.42. The summed E-state index contributed by atoms with van der Waals surface area (Å²) in [5.74, 6) is -0.452. The van der Waals surface area contributed by atoms with Crippen LogP contribution in [0.2, 0.25) is 5.02 Å². The van der Waals surface area contributed by atoms with Crippen molar-refractivity contribution in [3.63, 3.8) is 0 Å². The molecule has 132 valence electrons. The Kier molecular flexibility index (Phi) is 6.21. The Morgan fingerprint density at radius 1 is 1.12 bits per heavy atom. The van der Waals surface area contributed by atoms with E-state index in [0.717, 1.165) is 28.8 Å². The van der Waals surface area contributed by atoms with Gasteiger partial charge >= 0.3 is 0 Å². The van der Waals surface area contributed by atoms with Crippen molar-refractivity contribution in [1.29, 1.82) is 0 Å². The Bertz CT molecular complexity index is 802. The SMILES string of the molecule is CCc1cccc(C)c1NC(=O)CN(C(C)=O)c1ccc(C)c(Cl)c1. The van der Waals surface area contributed by atoms with Crippen molar-refractivity contribution in [1.82, 2.24) is 0 Å². The minimum Gasteiger partial charge on any atom is -0.324 e. The van der Waals surface area contributed by atoms with Gasteiger partial charge in [0, 0.05) is 23.3 Å². The molecule has 0 heterocycles. The van der Waals surface area contributed by atoms with Gasteiger partial charge in [0.15, 0.2) is 0 Å². The van der Waals surface area contributed by atoms with Crippen LogP contribution in [0.4, 0.5) is 11.4 Å². The molecule has 0 aliphatic rings. The first kappa shape index (κ1) is 19.0. The lowest BCUT2D eigenvalue weighted by Gasteiger charge is -2.22. The predicted octanol–water partition coefficient (Wildman–Crippen LogP) is 4.51. The number of anilines is 2. The number of carbonyl (C=O) groups is 2. The monoisotopic (exact) mass is 358 g/mol. The molecule has 2 amide bonds. The number of hydrogen-bond donors (Lipinski definition) is 1. The van der Waals surface area contributed by atoms with Gasteiger partial charge in [0.25, 0.3) is 0 Å². The van der Waals surface area contributed by atoms with E-state index in [1.165, 1.54) is 11.8 Å². The summed E-state index contributed by atoms with van der Waals surface area (Å²) in [6.07, 6.45) is 0.821. The van der Waals surface area contributed by atoms with Gasteiger partial charge in [-0.3, -0.25) is 9.59 Å². The first-order valence-electron chi connectivity index (χ1n) is 8.26. The van der Waals surface area contributed by atoms with E-state index in [1.807, 2.05) is 45.0 Å². The molecule has 0 aliphatic heterocycles. The molecule has 25 heavy (non-hydrogen) atoms. The maximum atomic E-state index is 12.5. The van der Waals surface area contributed by atoms with E-state index in [1.54, 1.807) is 12.1 Å². The number of benzene rings is 2. The Balaban J connectivity index is 2.22.